The van der Waals surface area contributed by atoms with E-state index in [1.54, 1.807) is 7.11 Å². The van der Waals surface area contributed by atoms with Crippen LogP contribution in [0.5, 0.6) is 5.75 Å². The summed E-state index contributed by atoms with van der Waals surface area (Å²) in [6, 6.07) is 25.0. The summed E-state index contributed by atoms with van der Waals surface area (Å²) in [5, 5.41) is 3.03. The zero-order chi connectivity index (χ0) is 23.8. The maximum absolute atomic E-state index is 12.5. The van der Waals surface area contributed by atoms with Crippen molar-refractivity contribution < 1.29 is 9.53 Å². The number of nitrogens with zero attached hydrogens (tertiary/aromatic N) is 1. The summed E-state index contributed by atoms with van der Waals surface area (Å²) < 4.78 is 5.65. The minimum Gasteiger partial charge on any atom is -0.496 e. The van der Waals surface area contributed by atoms with E-state index in [1.165, 1.54) is 28.7 Å². The van der Waals surface area contributed by atoms with Crippen LogP contribution in [0.4, 0.5) is 5.69 Å². The van der Waals surface area contributed by atoms with Gasteiger partial charge in [0.25, 0.3) is 0 Å². The lowest BCUT2D eigenvalue weighted by Gasteiger charge is -2.31. The molecule has 1 aliphatic rings. The summed E-state index contributed by atoms with van der Waals surface area (Å²) in [7, 11) is 1.77. The zero-order valence-corrected chi connectivity index (χ0v) is 20.4. The Morgan fingerprint density at radius 1 is 1.03 bits per heavy atom. The van der Waals surface area contributed by atoms with Crippen molar-refractivity contribution in [1.82, 2.24) is 4.90 Å². The average Bonchev–Trinajstić information content (AvgIpc) is 2.85. The second-order valence-electron chi connectivity index (χ2n) is 9.45. The first-order chi connectivity index (χ1) is 16.6. The highest BCUT2D eigenvalue weighted by molar-refractivity contribution is 5.90. The highest BCUT2D eigenvalue weighted by atomic mass is 16.5. The van der Waals surface area contributed by atoms with Crippen molar-refractivity contribution in [3.8, 4) is 5.75 Å². The molecule has 4 heteroatoms. The number of ether oxygens (including phenoxy) is 1. The number of rotatable bonds is 10. The van der Waals surface area contributed by atoms with Crippen LogP contribution in [-0.4, -0.2) is 31.0 Å². The molecule has 1 aliphatic carbocycles. The molecule has 0 aliphatic heterocycles. The fourth-order valence-corrected chi connectivity index (χ4v) is 4.94. The third-order valence-electron chi connectivity index (χ3n) is 6.74. The van der Waals surface area contributed by atoms with E-state index in [-0.39, 0.29) is 5.91 Å². The van der Waals surface area contributed by atoms with Crippen LogP contribution >= 0.6 is 0 Å². The van der Waals surface area contributed by atoms with Gasteiger partial charge < -0.3 is 10.1 Å². The predicted molar refractivity (Wildman–Crippen MR) is 139 cm³/mol. The van der Waals surface area contributed by atoms with Gasteiger partial charge in [0.2, 0.25) is 5.91 Å². The summed E-state index contributed by atoms with van der Waals surface area (Å²) in [5.74, 6) is 1.69. The minimum atomic E-state index is 0.0832. The molecular formula is C30H36N2O2. The molecule has 0 saturated carbocycles. The van der Waals surface area contributed by atoms with Gasteiger partial charge in [0.1, 0.15) is 5.75 Å². The van der Waals surface area contributed by atoms with Crippen molar-refractivity contribution in [2.75, 3.05) is 25.5 Å². The first kappa shape index (κ1) is 24.0. The number of carbonyl (C=O) groups excluding carboxylic acids is 1. The summed E-state index contributed by atoms with van der Waals surface area (Å²) in [4.78, 5) is 15.0. The third-order valence-corrected chi connectivity index (χ3v) is 6.74. The normalized spacial score (nSPS) is 15.1. The Labute approximate surface area is 204 Å². The van der Waals surface area contributed by atoms with Gasteiger partial charge in [0.15, 0.2) is 0 Å². The average molecular weight is 457 g/mol. The van der Waals surface area contributed by atoms with Crippen LogP contribution in [0.15, 0.2) is 72.8 Å². The molecule has 4 rings (SSSR count). The largest absolute Gasteiger partial charge is 0.496 e. The molecule has 1 amide bonds. The molecule has 1 N–H and O–H groups in total. The van der Waals surface area contributed by atoms with E-state index in [0.717, 1.165) is 50.3 Å². The second kappa shape index (κ2) is 11.8. The van der Waals surface area contributed by atoms with Crippen LogP contribution in [0.1, 0.15) is 41.5 Å². The van der Waals surface area contributed by atoms with E-state index in [0.29, 0.717) is 12.3 Å². The van der Waals surface area contributed by atoms with Gasteiger partial charge in [-0.25, -0.2) is 0 Å². The lowest BCUT2D eigenvalue weighted by Crippen LogP contribution is -2.33. The van der Waals surface area contributed by atoms with Gasteiger partial charge in [0, 0.05) is 25.2 Å². The van der Waals surface area contributed by atoms with Crippen molar-refractivity contribution in [3.63, 3.8) is 0 Å². The maximum Gasteiger partial charge on any atom is 0.224 e. The van der Waals surface area contributed by atoms with Gasteiger partial charge in [-0.2, -0.15) is 0 Å². The highest BCUT2D eigenvalue weighted by Crippen LogP contribution is 2.32. The Kier molecular flexibility index (Phi) is 8.37. The maximum atomic E-state index is 12.5. The molecule has 3 aromatic carbocycles. The molecular weight excluding hydrogens is 420 g/mol. The number of carbonyl (C=O) groups is 1. The molecule has 0 aromatic heterocycles. The fourth-order valence-electron chi connectivity index (χ4n) is 4.94. The first-order valence-electron chi connectivity index (χ1n) is 12.4. The summed E-state index contributed by atoms with van der Waals surface area (Å²) >= 11 is 0. The second-order valence-corrected chi connectivity index (χ2v) is 9.45. The number of benzene rings is 3. The van der Waals surface area contributed by atoms with Crippen LogP contribution in [-0.2, 0) is 24.2 Å². The van der Waals surface area contributed by atoms with Crippen LogP contribution in [0.2, 0.25) is 0 Å². The zero-order valence-electron chi connectivity index (χ0n) is 20.4. The molecule has 0 bridgehead atoms. The van der Waals surface area contributed by atoms with Crippen molar-refractivity contribution in [3.05, 3.63) is 95.1 Å². The Balaban J connectivity index is 1.35. The number of fused-ring (bicyclic) bond motifs is 1. The molecule has 0 radical (unpaired) electrons. The molecule has 0 saturated heterocycles. The third kappa shape index (κ3) is 6.71. The monoisotopic (exact) mass is 456 g/mol. The number of hydrogen-bond acceptors (Lipinski definition) is 3. The molecule has 1 atom stereocenters. The van der Waals surface area contributed by atoms with E-state index in [9.17, 15) is 4.79 Å². The van der Waals surface area contributed by atoms with E-state index in [4.69, 9.17) is 4.74 Å². The standard InChI is InChI=1S/C30H36N2O2/c1-23-13-17-27(18-14-23)31-30(33)12-7-19-32(21-24-8-4-3-5-9-24)22-25-15-16-26-10-6-11-29(34-2)28(26)20-25/h3-6,8-11,13-14,17-18,25H,7,12,15-16,19-22H2,1-2H3,(H,31,33). The van der Waals surface area contributed by atoms with Crippen molar-refractivity contribution in [1.29, 1.82) is 0 Å². The fraction of sp³-hybridized carbons (Fsp3) is 0.367. The van der Waals surface area contributed by atoms with Gasteiger partial charge in [-0.1, -0.05) is 60.2 Å². The Hall–Kier alpha value is -3.11. The molecule has 4 nitrogen and oxygen atoms in total. The Bertz CT molecular complexity index is 1050. The van der Waals surface area contributed by atoms with Gasteiger partial charge in [-0.3, -0.25) is 9.69 Å². The van der Waals surface area contributed by atoms with E-state index in [1.807, 2.05) is 31.2 Å². The predicted octanol–water partition coefficient (Wildman–Crippen LogP) is 6.03. The molecule has 0 fully saturated rings. The van der Waals surface area contributed by atoms with Gasteiger partial charge in [-0.05, 0) is 80.0 Å². The number of amides is 1. The van der Waals surface area contributed by atoms with Gasteiger partial charge in [0.05, 0.1) is 7.11 Å². The van der Waals surface area contributed by atoms with Gasteiger partial charge in [-0.15, -0.1) is 0 Å². The van der Waals surface area contributed by atoms with Crippen LogP contribution in [0.25, 0.3) is 0 Å². The molecule has 178 valence electrons. The topological polar surface area (TPSA) is 41.6 Å². The lowest BCUT2D eigenvalue weighted by atomic mass is 9.83. The summed E-state index contributed by atoms with van der Waals surface area (Å²) in [5.41, 5.74) is 6.18. The summed E-state index contributed by atoms with van der Waals surface area (Å²) in [6.07, 6.45) is 4.73. The molecule has 34 heavy (non-hydrogen) atoms. The van der Waals surface area contributed by atoms with Gasteiger partial charge >= 0.3 is 0 Å². The van der Waals surface area contributed by atoms with Crippen LogP contribution < -0.4 is 10.1 Å². The Morgan fingerprint density at radius 2 is 1.82 bits per heavy atom. The molecule has 1 unspecified atom stereocenters. The Morgan fingerprint density at radius 3 is 2.59 bits per heavy atom. The van der Waals surface area contributed by atoms with Crippen LogP contribution in [0, 0.1) is 12.8 Å². The number of hydrogen-bond donors (Lipinski definition) is 1. The van der Waals surface area contributed by atoms with E-state index >= 15 is 0 Å². The number of aryl methyl sites for hydroxylation is 2. The first-order valence-corrected chi connectivity index (χ1v) is 12.4. The molecule has 0 spiro atoms. The number of anilines is 1. The number of nitrogens with one attached hydrogen (secondary N) is 1. The van der Waals surface area contributed by atoms with Crippen LogP contribution in [0.3, 0.4) is 0 Å². The van der Waals surface area contributed by atoms with Crippen molar-refractivity contribution in [2.24, 2.45) is 5.92 Å². The summed E-state index contributed by atoms with van der Waals surface area (Å²) in [6.45, 7) is 4.90. The lowest BCUT2D eigenvalue weighted by molar-refractivity contribution is -0.116. The SMILES string of the molecule is COc1cccc2c1CC(CN(CCCC(=O)Nc1ccc(C)cc1)Cc1ccccc1)CC2. The number of methoxy groups -OCH3 is 1. The quantitative estimate of drug-likeness (QED) is 0.405. The minimum absolute atomic E-state index is 0.0832. The van der Waals surface area contributed by atoms with E-state index < -0.39 is 0 Å². The smallest absolute Gasteiger partial charge is 0.224 e. The van der Waals surface area contributed by atoms with Crippen molar-refractivity contribution in [2.45, 2.75) is 45.6 Å². The highest BCUT2D eigenvalue weighted by Gasteiger charge is 2.23. The molecule has 0 heterocycles. The van der Waals surface area contributed by atoms with E-state index in [2.05, 4.69) is 58.7 Å². The molecule has 3 aromatic rings. The van der Waals surface area contributed by atoms with Crippen molar-refractivity contribution >= 4 is 11.6 Å².